The van der Waals surface area contributed by atoms with Gasteiger partial charge in [-0.25, -0.2) is 0 Å². The van der Waals surface area contributed by atoms with Crippen LogP contribution in [-0.4, -0.2) is 20.2 Å². The number of benzene rings is 1. The molecule has 0 fully saturated rings. The lowest BCUT2D eigenvalue weighted by molar-refractivity contribution is 0.400. The second-order valence-corrected chi connectivity index (χ2v) is 4.50. The topological polar surface area (TPSA) is 47.3 Å². The molecule has 3 nitrogen and oxygen atoms in total. The Morgan fingerprint density at radius 2 is 1.94 bits per heavy atom. The summed E-state index contributed by atoms with van der Waals surface area (Å²) in [6.07, 6.45) is 0. The number of nitrogens with two attached hydrogens (primary N) is 1. The Balaban J connectivity index is 3.17. The maximum Gasteiger partial charge on any atom is 0.127 e. The van der Waals surface area contributed by atoms with E-state index in [0.29, 0.717) is 0 Å². The maximum atomic E-state index is 6.23. The van der Waals surface area contributed by atoms with Crippen molar-refractivity contribution in [3.63, 3.8) is 0 Å². The van der Waals surface area contributed by atoms with E-state index >= 15 is 0 Å². The zero-order chi connectivity index (χ0) is 13.0. The monoisotopic (exact) mass is 236 g/mol. The van der Waals surface area contributed by atoms with Crippen molar-refractivity contribution in [1.82, 2.24) is 5.32 Å². The van der Waals surface area contributed by atoms with Crippen molar-refractivity contribution >= 4 is 0 Å². The summed E-state index contributed by atoms with van der Waals surface area (Å²) < 4.78 is 5.53. The first-order chi connectivity index (χ1) is 8.02. The van der Waals surface area contributed by atoms with Gasteiger partial charge >= 0.3 is 0 Å². The van der Waals surface area contributed by atoms with Gasteiger partial charge in [0.1, 0.15) is 5.75 Å². The molecule has 1 unspecified atom stereocenters. The molecule has 1 aromatic carbocycles. The van der Waals surface area contributed by atoms with Crippen LogP contribution in [0.15, 0.2) is 6.07 Å². The lowest BCUT2D eigenvalue weighted by Crippen LogP contribution is -2.27. The van der Waals surface area contributed by atoms with Crippen LogP contribution in [0, 0.1) is 20.8 Å². The Kier molecular flexibility index (Phi) is 4.97. The van der Waals surface area contributed by atoms with E-state index in [-0.39, 0.29) is 6.04 Å². The third-order valence-electron chi connectivity index (χ3n) is 3.22. The first-order valence-electron chi connectivity index (χ1n) is 6.13. The fraction of sp³-hybridized carbons (Fsp3) is 0.571. The normalized spacial score (nSPS) is 12.6. The summed E-state index contributed by atoms with van der Waals surface area (Å²) in [5.41, 5.74) is 11.0. The third kappa shape index (κ3) is 2.99. The van der Waals surface area contributed by atoms with Crippen LogP contribution in [0.3, 0.4) is 0 Å². The highest BCUT2D eigenvalue weighted by Crippen LogP contribution is 2.32. The van der Waals surface area contributed by atoms with Crippen LogP contribution in [0.1, 0.15) is 35.2 Å². The number of hydrogen-bond donors (Lipinski definition) is 2. The molecule has 0 heterocycles. The lowest BCUT2D eigenvalue weighted by atomic mass is 9.94. The Morgan fingerprint density at radius 3 is 2.47 bits per heavy atom. The fourth-order valence-corrected chi connectivity index (χ4v) is 2.20. The first-order valence-corrected chi connectivity index (χ1v) is 6.13. The molecule has 0 bridgehead atoms. The van der Waals surface area contributed by atoms with Crippen LogP contribution in [-0.2, 0) is 0 Å². The van der Waals surface area contributed by atoms with Crippen molar-refractivity contribution in [2.75, 3.05) is 20.2 Å². The molecule has 0 aliphatic carbocycles. The van der Waals surface area contributed by atoms with Crippen molar-refractivity contribution in [1.29, 1.82) is 0 Å². The van der Waals surface area contributed by atoms with E-state index in [9.17, 15) is 0 Å². The number of methoxy groups -OCH3 is 1. The van der Waals surface area contributed by atoms with Gasteiger partial charge in [0.25, 0.3) is 0 Å². The molecule has 17 heavy (non-hydrogen) atoms. The maximum absolute atomic E-state index is 6.23. The second-order valence-electron chi connectivity index (χ2n) is 4.50. The molecule has 0 radical (unpaired) electrons. The molecule has 1 atom stereocenters. The molecule has 3 heteroatoms. The minimum Gasteiger partial charge on any atom is -0.496 e. The minimum atomic E-state index is -0.0239. The zero-order valence-electron chi connectivity index (χ0n) is 11.6. The van der Waals surface area contributed by atoms with Gasteiger partial charge in [-0.3, -0.25) is 0 Å². The molecular weight excluding hydrogens is 212 g/mol. The molecule has 0 saturated carbocycles. The highest BCUT2D eigenvalue weighted by molar-refractivity contribution is 5.51. The Bertz CT molecular complexity index is 388. The van der Waals surface area contributed by atoms with Gasteiger partial charge in [-0.2, -0.15) is 0 Å². The van der Waals surface area contributed by atoms with Crippen LogP contribution in [0.4, 0.5) is 0 Å². The molecule has 1 rings (SSSR count). The molecule has 0 aromatic heterocycles. The molecule has 1 aromatic rings. The summed E-state index contributed by atoms with van der Waals surface area (Å²) in [6, 6.07) is 2.16. The van der Waals surface area contributed by atoms with E-state index in [1.807, 2.05) is 0 Å². The summed E-state index contributed by atoms with van der Waals surface area (Å²) in [6.45, 7) is 10.1. The zero-order valence-corrected chi connectivity index (χ0v) is 11.6. The average molecular weight is 236 g/mol. The standard InChI is InChI=1S/C14H24N2O/c1-6-16-8-12(15)13-10(3)7-9(2)11(4)14(13)17-5/h7,12,16H,6,8,15H2,1-5H3. The molecule has 0 aliphatic rings. The number of hydrogen-bond acceptors (Lipinski definition) is 3. The van der Waals surface area contributed by atoms with Gasteiger partial charge in [0.2, 0.25) is 0 Å². The van der Waals surface area contributed by atoms with E-state index in [4.69, 9.17) is 10.5 Å². The van der Waals surface area contributed by atoms with Crippen molar-refractivity contribution in [3.8, 4) is 5.75 Å². The Morgan fingerprint density at radius 1 is 1.29 bits per heavy atom. The van der Waals surface area contributed by atoms with Crippen molar-refractivity contribution in [2.24, 2.45) is 5.73 Å². The van der Waals surface area contributed by atoms with Crippen LogP contribution < -0.4 is 15.8 Å². The van der Waals surface area contributed by atoms with Crippen molar-refractivity contribution < 1.29 is 4.74 Å². The Hall–Kier alpha value is -1.06. The van der Waals surface area contributed by atoms with E-state index in [1.54, 1.807) is 7.11 Å². The lowest BCUT2D eigenvalue weighted by Gasteiger charge is -2.21. The number of nitrogens with one attached hydrogen (secondary N) is 1. The van der Waals surface area contributed by atoms with Gasteiger partial charge in [-0.1, -0.05) is 13.0 Å². The predicted octanol–water partition coefficient (Wildman–Crippen LogP) is 2.23. The van der Waals surface area contributed by atoms with Gasteiger partial charge in [0.15, 0.2) is 0 Å². The van der Waals surface area contributed by atoms with Crippen LogP contribution >= 0.6 is 0 Å². The smallest absolute Gasteiger partial charge is 0.127 e. The van der Waals surface area contributed by atoms with Gasteiger partial charge in [-0.15, -0.1) is 0 Å². The van der Waals surface area contributed by atoms with Gasteiger partial charge in [-0.05, 0) is 44.0 Å². The molecule has 0 spiro atoms. The number of ether oxygens (including phenoxy) is 1. The number of rotatable bonds is 5. The summed E-state index contributed by atoms with van der Waals surface area (Å²) in [7, 11) is 1.71. The fourth-order valence-electron chi connectivity index (χ4n) is 2.20. The van der Waals surface area contributed by atoms with Crippen LogP contribution in [0.5, 0.6) is 5.75 Å². The highest BCUT2D eigenvalue weighted by atomic mass is 16.5. The number of likely N-dealkylation sites (N-methyl/N-ethyl adjacent to an activating group) is 1. The molecular formula is C14H24N2O. The van der Waals surface area contributed by atoms with E-state index in [2.05, 4.69) is 39.1 Å². The van der Waals surface area contributed by atoms with E-state index in [0.717, 1.165) is 24.4 Å². The Labute approximate surface area is 104 Å². The molecule has 3 N–H and O–H groups in total. The molecule has 96 valence electrons. The van der Waals surface area contributed by atoms with Gasteiger partial charge < -0.3 is 15.8 Å². The summed E-state index contributed by atoms with van der Waals surface area (Å²) in [5.74, 6) is 0.938. The summed E-state index contributed by atoms with van der Waals surface area (Å²) >= 11 is 0. The van der Waals surface area contributed by atoms with Crippen molar-refractivity contribution in [3.05, 3.63) is 28.3 Å². The third-order valence-corrected chi connectivity index (χ3v) is 3.22. The van der Waals surface area contributed by atoms with Gasteiger partial charge in [0, 0.05) is 18.2 Å². The van der Waals surface area contributed by atoms with Crippen LogP contribution in [0.25, 0.3) is 0 Å². The van der Waals surface area contributed by atoms with Crippen molar-refractivity contribution in [2.45, 2.75) is 33.7 Å². The summed E-state index contributed by atoms with van der Waals surface area (Å²) in [5, 5.41) is 3.28. The van der Waals surface area contributed by atoms with Crippen LogP contribution in [0.2, 0.25) is 0 Å². The summed E-state index contributed by atoms with van der Waals surface area (Å²) in [4.78, 5) is 0. The quantitative estimate of drug-likeness (QED) is 0.824. The average Bonchev–Trinajstić information content (AvgIpc) is 2.30. The molecule has 0 saturated heterocycles. The minimum absolute atomic E-state index is 0.0239. The van der Waals surface area contributed by atoms with E-state index in [1.165, 1.54) is 16.7 Å². The molecule has 0 aliphatic heterocycles. The first kappa shape index (κ1) is 14.0. The molecule has 0 amide bonds. The number of aryl methyl sites for hydroxylation is 2. The second kappa shape index (κ2) is 6.03. The SMILES string of the molecule is CCNCC(N)c1c(C)cc(C)c(C)c1OC. The van der Waals surface area contributed by atoms with Gasteiger partial charge in [0.05, 0.1) is 7.11 Å². The van der Waals surface area contributed by atoms with E-state index < -0.39 is 0 Å². The largest absolute Gasteiger partial charge is 0.496 e. The highest BCUT2D eigenvalue weighted by Gasteiger charge is 2.17. The predicted molar refractivity (Wildman–Crippen MR) is 72.7 cm³/mol.